The number of carboxylic acid groups (broad SMARTS) is 1. The van der Waals surface area contributed by atoms with Gasteiger partial charge in [-0.2, -0.15) is 0 Å². The Balaban J connectivity index is 1.80. The summed E-state index contributed by atoms with van der Waals surface area (Å²) in [5.41, 5.74) is 2.79. The number of carbonyl (C=O) groups is 1. The number of benzene rings is 2. The second-order valence-corrected chi connectivity index (χ2v) is 6.91. The zero-order valence-electron chi connectivity index (χ0n) is 14.3. The van der Waals surface area contributed by atoms with Gasteiger partial charge in [0.05, 0.1) is 11.6 Å². The van der Waals surface area contributed by atoms with Crippen molar-refractivity contribution in [3.05, 3.63) is 76.4 Å². The van der Waals surface area contributed by atoms with Crippen LogP contribution in [0.5, 0.6) is 0 Å². The van der Waals surface area contributed by atoms with Crippen molar-refractivity contribution in [1.82, 2.24) is 0 Å². The van der Waals surface area contributed by atoms with Crippen LogP contribution in [0.25, 0.3) is 0 Å². The van der Waals surface area contributed by atoms with Crippen LogP contribution in [0.3, 0.4) is 0 Å². The van der Waals surface area contributed by atoms with Gasteiger partial charge < -0.3 is 10.4 Å². The van der Waals surface area contributed by atoms with Crippen molar-refractivity contribution >= 4 is 11.7 Å². The molecular weight excluding hydrogens is 336 g/mol. The van der Waals surface area contributed by atoms with E-state index in [0.29, 0.717) is 0 Å². The van der Waals surface area contributed by atoms with Gasteiger partial charge in [0, 0.05) is 17.2 Å². The number of nitrogens with one attached hydrogen (secondary N) is 1. The highest BCUT2D eigenvalue weighted by Crippen LogP contribution is 2.50. The van der Waals surface area contributed by atoms with Crippen LogP contribution in [-0.2, 0) is 6.42 Å². The Bertz CT molecular complexity index is 899. The van der Waals surface area contributed by atoms with Crippen LogP contribution in [-0.4, -0.2) is 11.1 Å². The predicted molar refractivity (Wildman–Crippen MR) is 95.5 cm³/mol. The maximum absolute atomic E-state index is 14.6. The van der Waals surface area contributed by atoms with E-state index in [0.717, 1.165) is 36.2 Å². The van der Waals surface area contributed by atoms with Gasteiger partial charge in [-0.3, -0.25) is 0 Å². The first-order chi connectivity index (χ1) is 12.5. The van der Waals surface area contributed by atoms with Gasteiger partial charge in [0.1, 0.15) is 11.6 Å². The fourth-order valence-corrected chi connectivity index (χ4v) is 4.15. The smallest absolute Gasteiger partial charge is 0.335 e. The van der Waals surface area contributed by atoms with Gasteiger partial charge >= 0.3 is 5.97 Å². The zero-order valence-corrected chi connectivity index (χ0v) is 14.3. The molecule has 0 bridgehead atoms. The maximum Gasteiger partial charge on any atom is 0.335 e. The summed E-state index contributed by atoms with van der Waals surface area (Å²) in [6.07, 6.45) is 5.81. The van der Waals surface area contributed by atoms with Gasteiger partial charge in [-0.1, -0.05) is 31.2 Å². The van der Waals surface area contributed by atoms with Crippen LogP contribution in [0.4, 0.5) is 14.5 Å². The second kappa shape index (κ2) is 6.24. The summed E-state index contributed by atoms with van der Waals surface area (Å²) in [6.45, 7) is 2.09. The highest BCUT2D eigenvalue weighted by Gasteiger charge is 2.40. The molecule has 134 valence electrons. The SMILES string of the molecule is CCc1ccc2c(c1)[C@@H]1C=CC[C@@H]1[C@H](c1c(F)cc(C(=O)O)cc1F)N2. The van der Waals surface area contributed by atoms with E-state index in [1.54, 1.807) is 0 Å². The monoisotopic (exact) mass is 355 g/mol. The van der Waals surface area contributed by atoms with Gasteiger partial charge in [-0.25, -0.2) is 13.6 Å². The maximum atomic E-state index is 14.6. The van der Waals surface area contributed by atoms with E-state index in [1.165, 1.54) is 5.56 Å². The molecule has 26 heavy (non-hydrogen) atoms. The van der Waals surface area contributed by atoms with E-state index in [1.807, 2.05) is 12.1 Å². The van der Waals surface area contributed by atoms with Crippen LogP contribution < -0.4 is 5.32 Å². The lowest BCUT2D eigenvalue weighted by molar-refractivity contribution is 0.0695. The molecule has 0 saturated carbocycles. The molecule has 0 fully saturated rings. The molecule has 3 atom stereocenters. The molecule has 0 radical (unpaired) electrons. The molecule has 0 spiro atoms. The third-order valence-corrected chi connectivity index (χ3v) is 5.47. The minimum atomic E-state index is -1.34. The van der Waals surface area contributed by atoms with Crippen LogP contribution in [0.2, 0.25) is 0 Å². The summed E-state index contributed by atoms with van der Waals surface area (Å²) in [5.74, 6) is -2.89. The number of aromatic carboxylic acids is 1. The van der Waals surface area contributed by atoms with Gasteiger partial charge in [-0.15, -0.1) is 0 Å². The Morgan fingerprint density at radius 2 is 1.96 bits per heavy atom. The number of rotatable bonds is 3. The zero-order chi connectivity index (χ0) is 18.4. The predicted octanol–water partition coefficient (Wildman–Crippen LogP) is 5.05. The van der Waals surface area contributed by atoms with Crippen molar-refractivity contribution in [2.75, 3.05) is 5.32 Å². The van der Waals surface area contributed by atoms with Gasteiger partial charge in [-0.05, 0) is 48.1 Å². The van der Waals surface area contributed by atoms with Crippen molar-refractivity contribution in [2.45, 2.75) is 31.7 Å². The van der Waals surface area contributed by atoms with E-state index >= 15 is 0 Å². The molecule has 0 saturated heterocycles. The van der Waals surface area contributed by atoms with E-state index in [-0.39, 0.29) is 23.0 Å². The number of anilines is 1. The average molecular weight is 355 g/mol. The van der Waals surface area contributed by atoms with E-state index < -0.39 is 23.6 Å². The lowest BCUT2D eigenvalue weighted by Gasteiger charge is -2.38. The van der Waals surface area contributed by atoms with Gasteiger partial charge in [0.25, 0.3) is 0 Å². The summed E-state index contributed by atoms with van der Waals surface area (Å²) in [7, 11) is 0. The Hall–Kier alpha value is -2.69. The number of allylic oxidation sites excluding steroid dienone is 2. The van der Waals surface area contributed by atoms with Crippen molar-refractivity contribution in [3.63, 3.8) is 0 Å². The van der Waals surface area contributed by atoms with Gasteiger partial charge in [0.15, 0.2) is 0 Å². The molecule has 2 aliphatic rings. The summed E-state index contributed by atoms with van der Waals surface area (Å²) in [6, 6.07) is 7.39. The van der Waals surface area contributed by atoms with Gasteiger partial charge in [0.2, 0.25) is 0 Å². The first kappa shape index (κ1) is 16.8. The topological polar surface area (TPSA) is 49.3 Å². The Morgan fingerprint density at radius 1 is 1.23 bits per heavy atom. The highest BCUT2D eigenvalue weighted by atomic mass is 19.1. The molecule has 2 aromatic carbocycles. The van der Waals surface area contributed by atoms with Crippen LogP contribution in [0.1, 0.15) is 52.4 Å². The molecular formula is C21H19F2NO2. The molecule has 4 rings (SSSR count). The molecule has 3 nitrogen and oxygen atoms in total. The second-order valence-electron chi connectivity index (χ2n) is 6.91. The Labute approximate surface area is 150 Å². The number of carboxylic acids is 1. The molecule has 5 heteroatoms. The lowest BCUT2D eigenvalue weighted by atomic mass is 9.76. The van der Waals surface area contributed by atoms with Crippen molar-refractivity contribution in [2.24, 2.45) is 5.92 Å². The molecule has 1 aliphatic carbocycles. The fourth-order valence-electron chi connectivity index (χ4n) is 4.15. The quantitative estimate of drug-likeness (QED) is 0.758. The molecule has 2 N–H and O–H groups in total. The number of fused-ring (bicyclic) bond motifs is 3. The molecule has 2 aromatic rings. The van der Waals surface area contributed by atoms with E-state index in [2.05, 4.69) is 30.5 Å². The van der Waals surface area contributed by atoms with E-state index in [9.17, 15) is 13.6 Å². The molecule has 0 unspecified atom stereocenters. The van der Waals surface area contributed by atoms with Crippen LogP contribution >= 0.6 is 0 Å². The van der Waals surface area contributed by atoms with Crippen molar-refractivity contribution in [1.29, 1.82) is 0 Å². The third kappa shape index (κ3) is 2.59. The minimum Gasteiger partial charge on any atom is -0.478 e. The average Bonchev–Trinajstić information content (AvgIpc) is 3.10. The summed E-state index contributed by atoms with van der Waals surface area (Å²) in [4.78, 5) is 11.0. The van der Waals surface area contributed by atoms with Crippen LogP contribution in [0.15, 0.2) is 42.5 Å². The fraction of sp³-hybridized carbons (Fsp3) is 0.286. The van der Waals surface area contributed by atoms with Crippen LogP contribution in [0, 0.1) is 17.6 Å². The highest BCUT2D eigenvalue weighted by molar-refractivity contribution is 5.87. The molecule has 0 aromatic heterocycles. The first-order valence-electron chi connectivity index (χ1n) is 8.77. The summed E-state index contributed by atoms with van der Waals surface area (Å²) >= 11 is 0. The van der Waals surface area contributed by atoms with E-state index in [4.69, 9.17) is 5.11 Å². The largest absolute Gasteiger partial charge is 0.478 e. The first-order valence-corrected chi connectivity index (χ1v) is 8.77. The molecule has 0 amide bonds. The number of halogens is 2. The lowest BCUT2D eigenvalue weighted by Crippen LogP contribution is -2.30. The normalized spacial score (nSPS) is 23.3. The Kier molecular flexibility index (Phi) is 4.02. The molecule has 1 aliphatic heterocycles. The Morgan fingerprint density at radius 3 is 2.62 bits per heavy atom. The van der Waals surface area contributed by atoms with Crippen molar-refractivity contribution in [3.8, 4) is 0 Å². The van der Waals surface area contributed by atoms with Crippen molar-refractivity contribution < 1.29 is 18.7 Å². The number of hydrogen-bond acceptors (Lipinski definition) is 2. The number of aryl methyl sites for hydroxylation is 1. The summed E-state index contributed by atoms with van der Waals surface area (Å²) < 4.78 is 29.3. The third-order valence-electron chi connectivity index (χ3n) is 5.47. The number of hydrogen-bond donors (Lipinski definition) is 2. The standard InChI is InChI=1S/C21H19F2NO2/c1-2-11-6-7-18-15(8-11)13-4-3-5-14(13)20(24-18)19-16(22)9-12(21(25)26)10-17(19)23/h3-4,6-10,13-14,20,24H,2,5H2,1H3,(H,25,26)/t13-,14+,20-/m1/s1. The minimum absolute atomic E-state index is 0.00529. The summed E-state index contributed by atoms with van der Waals surface area (Å²) in [5, 5.41) is 12.3. The molecule has 1 heterocycles.